The van der Waals surface area contributed by atoms with E-state index in [2.05, 4.69) is 15.6 Å². The Balaban J connectivity index is 1.70. The summed E-state index contributed by atoms with van der Waals surface area (Å²) in [5.74, 6) is 0.693. The highest BCUT2D eigenvalue weighted by Crippen LogP contribution is 2.17. The number of para-hydroxylation sites is 1. The molecule has 0 saturated carbocycles. The molecule has 6 nitrogen and oxygen atoms in total. The molecule has 0 radical (unpaired) electrons. The van der Waals surface area contributed by atoms with E-state index in [4.69, 9.17) is 9.84 Å². The average molecular weight is 329 g/mol. The zero-order valence-corrected chi connectivity index (χ0v) is 13.6. The predicted molar refractivity (Wildman–Crippen MR) is 91.9 cm³/mol. The van der Waals surface area contributed by atoms with E-state index in [0.717, 1.165) is 11.3 Å². The molecule has 0 aliphatic heterocycles. The Morgan fingerprint density at radius 3 is 2.83 bits per heavy atom. The molecule has 0 atom stereocenters. The number of nitrogens with zero attached hydrogens (tertiary/aromatic N) is 1. The number of aromatic nitrogens is 1. The van der Waals surface area contributed by atoms with E-state index < -0.39 is 0 Å². The standard InChI is InChI=1S/C18H23N3O3/c22-11-10-20-13-15-5-1-2-7-17(15)24-12-4-9-21-18(23)16-6-3-8-19-14-16/h1-3,5-8,14,20,22H,4,9-13H2,(H,21,23). The Morgan fingerprint density at radius 1 is 1.17 bits per heavy atom. The summed E-state index contributed by atoms with van der Waals surface area (Å²) in [4.78, 5) is 15.8. The Labute approximate surface area is 141 Å². The molecule has 0 bridgehead atoms. The van der Waals surface area contributed by atoms with E-state index in [0.29, 0.717) is 38.2 Å². The minimum Gasteiger partial charge on any atom is -0.493 e. The number of benzene rings is 1. The number of rotatable bonds is 10. The van der Waals surface area contributed by atoms with Gasteiger partial charge in [-0.15, -0.1) is 0 Å². The zero-order chi connectivity index (χ0) is 17.0. The maximum absolute atomic E-state index is 11.9. The van der Waals surface area contributed by atoms with Crippen molar-refractivity contribution in [2.45, 2.75) is 13.0 Å². The maximum Gasteiger partial charge on any atom is 0.252 e. The fourth-order valence-electron chi connectivity index (χ4n) is 2.15. The molecular weight excluding hydrogens is 306 g/mol. The number of ether oxygens (including phenoxy) is 1. The summed E-state index contributed by atoms with van der Waals surface area (Å²) >= 11 is 0. The first kappa shape index (κ1) is 17.9. The highest BCUT2D eigenvalue weighted by atomic mass is 16.5. The molecule has 2 rings (SSSR count). The van der Waals surface area contributed by atoms with Gasteiger partial charge in [-0.25, -0.2) is 0 Å². The van der Waals surface area contributed by atoms with Gasteiger partial charge in [0.1, 0.15) is 5.75 Å². The van der Waals surface area contributed by atoms with Gasteiger partial charge < -0.3 is 20.5 Å². The third-order valence-electron chi connectivity index (χ3n) is 3.36. The lowest BCUT2D eigenvalue weighted by Crippen LogP contribution is -2.25. The van der Waals surface area contributed by atoms with Crippen LogP contribution in [0.2, 0.25) is 0 Å². The molecule has 6 heteroatoms. The van der Waals surface area contributed by atoms with Gasteiger partial charge in [0, 0.05) is 37.6 Å². The zero-order valence-electron chi connectivity index (χ0n) is 13.6. The Bertz CT molecular complexity index is 620. The molecule has 1 aromatic carbocycles. The maximum atomic E-state index is 11.9. The molecule has 0 spiro atoms. The van der Waals surface area contributed by atoms with E-state index >= 15 is 0 Å². The summed E-state index contributed by atoms with van der Waals surface area (Å²) < 4.78 is 5.79. The normalized spacial score (nSPS) is 10.4. The lowest BCUT2D eigenvalue weighted by Gasteiger charge is -2.12. The SMILES string of the molecule is O=C(NCCCOc1ccccc1CNCCO)c1cccnc1. The largest absolute Gasteiger partial charge is 0.493 e. The number of carbonyl (C=O) groups excluding carboxylic acids is 1. The quantitative estimate of drug-likeness (QED) is 0.573. The second-order valence-corrected chi connectivity index (χ2v) is 5.21. The number of aliphatic hydroxyl groups is 1. The minimum absolute atomic E-state index is 0.111. The van der Waals surface area contributed by atoms with Crippen molar-refractivity contribution in [2.24, 2.45) is 0 Å². The number of carbonyl (C=O) groups is 1. The van der Waals surface area contributed by atoms with Crippen LogP contribution in [0.25, 0.3) is 0 Å². The van der Waals surface area contributed by atoms with Gasteiger partial charge >= 0.3 is 0 Å². The summed E-state index contributed by atoms with van der Waals surface area (Å²) in [6.07, 6.45) is 3.89. The van der Waals surface area contributed by atoms with Crippen LogP contribution in [0.5, 0.6) is 5.75 Å². The third kappa shape index (κ3) is 5.98. The molecule has 24 heavy (non-hydrogen) atoms. The fourth-order valence-corrected chi connectivity index (χ4v) is 2.15. The molecule has 1 aromatic heterocycles. The van der Waals surface area contributed by atoms with Crippen molar-refractivity contribution >= 4 is 5.91 Å². The second kappa shape index (κ2) is 10.4. The Morgan fingerprint density at radius 2 is 2.04 bits per heavy atom. The molecule has 3 N–H and O–H groups in total. The summed E-state index contributed by atoms with van der Waals surface area (Å²) in [7, 11) is 0. The van der Waals surface area contributed by atoms with Crippen LogP contribution in [0.4, 0.5) is 0 Å². The van der Waals surface area contributed by atoms with Gasteiger partial charge in [-0.3, -0.25) is 9.78 Å². The van der Waals surface area contributed by atoms with Crippen LogP contribution < -0.4 is 15.4 Å². The molecule has 0 aliphatic rings. The minimum atomic E-state index is -0.128. The van der Waals surface area contributed by atoms with Crippen LogP contribution in [0, 0.1) is 0 Å². The van der Waals surface area contributed by atoms with Crippen molar-refractivity contribution in [3.63, 3.8) is 0 Å². The molecule has 0 saturated heterocycles. The number of hydrogen-bond donors (Lipinski definition) is 3. The summed E-state index contributed by atoms with van der Waals surface area (Å²) in [5.41, 5.74) is 1.60. The van der Waals surface area contributed by atoms with Crippen LogP contribution >= 0.6 is 0 Å². The van der Waals surface area contributed by atoms with E-state index in [1.54, 1.807) is 24.5 Å². The second-order valence-electron chi connectivity index (χ2n) is 5.21. The van der Waals surface area contributed by atoms with Crippen molar-refractivity contribution < 1.29 is 14.6 Å². The fraction of sp³-hybridized carbons (Fsp3) is 0.333. The molecule has 1 heterocycles. The number of nitrogens with one attached hydrogen (secondary N) is 2. The predicted octanol–water partition coefficient (Wildman–Crippen LogP) is 1.36. The summed E-state index contributed by atoms with van der Waals surface area (Å²) in [5, 5.41) is 14.8. The lowest BCUT2D eigenvalue weighted by atomic mass is 10.2. The van der Waals surface area contributed by atoms with Gasteiger partial charge in [-0.05, 0) is 24.6 Å². The van der Waals surface area contributed by atoms with Crippen LogP contribution in [0.3, 0.4) is 0 Å². The van der Waals surface area contributed by atoms with Crippen LogP contribution in [0.1, 0.15) is 22.3 Å². The first-order valence-electron chi connectivity index (χ1n) is 8.02. The van der Waals surface area contributed by atoms with Crippen molar-refractivity contribution in [1.29, 1.82) is 0 Å². The summed E-state index contributed by atoms with van der Waals surface area (Å²) in [6.45, 7) is 2.37. The van der Waals surface area contributed by atoms with Gasteiger partial charge in [-0.2, -0.15) is 0 Å². The van der Waals surface area contributed by atoms with Crippen molar-refractivity contribution in [3.05, 3.63) is 59.9 Å². The average Bonchev–Trinajstić information content (AvgIpc) is 2.63. The monoisotopic (exact) mass is 329 g/mol. The molecular formula is C18H23N3O3. The number of aliphatic hydroxyl groups excluding tert-OH is 1. The van der Waals surface area contributed by atoms with Gasteiger partial charge in [0.2, 0.25) is 0 Å². The Hall–Kier alpha value is -2.44. The van der Waals surface area contributed by atoms with Crippen LogP contribution in [-0.2, 0) is 6.54 Å². The van der Waals surface area contributed by atoms with E-state index in [9.17, 15) is 4.79 Å². The van der Waals surface area contributed by atoms with Gasteiger partial charge in [0.05, 0.1) is 18.8 Å². The number of pyridine rings is 1. The van der Waals surface area contributed by atoms with E-state index in [-0.39, 0.29) is 12.5 Å². The lowest BCUT2D eigenvalue weighted by molar-refractivity contribution is 0.0951. The smallest absolute Gasteiger partial charge is 0.252 e. The highest BCUT2D eigenvalue weighted by Gasteiger charge is 2.05. The third-order valence-corrected chi connectivity index (χ3v) is 3.36. The number of hydrogen-bond acceptors (Lipinski definition) is 5. The van der Waals surface area contributed by atoms with Crippen LogP contribution in [0.15, 0.2) is 48.8 Å². The summed E-state index contributed by atoms with van der Waals surface area (Å²) in [6, 6.07) is 11.3. The number of amides is 1. The van der Waals surface area contributed by atoms with Crippen molar-refractivity contribution in [2.75, 3.05) is 26.3 Å². The first-order valence-corrected chi connectivity index (χ1v) is 8.02. The molecule has 0 unspecified atom stereocenters. The molecule has 128 valence electrons. The molecule has 1 amide bonds. The first-order chi connectivity index (χ1) is 11.8. The van der Waals surface area contributed by atoms with Crippen molar-refractivity contribution in [3.8, 4) is 5.75 Å². The van der Waals surface area contributed by atoms with E-state index in [1.807, 2.05) is 24.3 Å². The molecule has 0 aliphatic carbocycles. The molecule has 0 fully saturated rings. The van der Waals surface area contributed by atoms with Gasteiger partial charge in [0.25, 0.3) is 5.91 Å². The van der Waals surface area contributed by atoms with Gasteiger partial charge in [0.15, 0.2) is 0 Å². The van der Waals surface area contributed by atoms with Gasteiger partial charge in [-0.1, -0.05) is 18.2 Å². The Kier molecular flexibility index (Phi) is 7.73. The highest BCUT2D eigenvalue weighted by molar-refractivity contribution is 5.93. The van der Waals surface area contributed by atoms with E-state index in [1.165, 1.54) is 0 Å². The van der Waals surface area contributed by atoms with Crippen LogP contribution in [-0.4, -0.2) is 42.3 Å². The topological polar surface area (TPSA) is 83.5 Å². The van der Waals surface area contributed by atoms with Crippen molar-refractivity contribution in [1.82, 2.24) is 15.6 Å². The molecule has 2 aromatic rings.